The lowest BCUT2D eigenvalue weighted by molar-refractivity contribution is -0.681. The van der Waals surface area contributed by atoms with Gasteiger partial charge in [0.1, 0.15) is 5.69 Å². The van der Waals surface area contributed by atoms with Crippen molar-refractivity contribution >= 4 is 16.5 Å². The summed E-state index contributed by atoms with van der Waals surface area (Å²) >= 11 is 1.66. The SMILES string of the molecule is CC[n+]1c(N)sc(C)c1C. The van der Waals surface area contributed by atoms with E-state index < -0.39 is 0 Å². The fourth-order valence-electron chi connectivity index (χ4n) is 1.03. The van der Waals surface area contributed by atoms with Crippen molar-refractivity contribution < 1.29 is 4.57 Å². The first-order valence-electron chi connectivity index (χ1n) is 3.42. The van der Waals surface area contributed by atoms with E-state index in [4.69, 9.17) is 5.73 Å². The van der Waals surface area contributed by atoms with Crippen molar-refractivity contribution in [3.63, 3.8) is 0 Å². The van der Waals surface area contributed by atoms with E-state index in [0.29, 0.717) is 0 Å². The highest BCUT2D eigenvalue weighted by atomic mass is 32.1. The van der Waals surface area contributed by atoms with Gasteiger partial charge in [0, 0.05) is 0 Å². The van der Waals surface area contributed by atoms with Gasteiger partial charge in [-0.25, -0.2) is 4.57 Å². The highest BCUT2D eigenvalue weighted by Gasteiger charge is 2.11. The van der Waals surface area contributed by atoms with Gasteiger partial charge in [-0.1, -0.05) is 11.3 Å². The quantitative estimate of drug-likeness (QED) is 0.611. The van der Waals surface area contributed by atoms with Crippen LogP contribution >= 0.6 is 11.3 Å². The molecule has 0 aliphatic rings. The predicted molar refractivity (Wildman–Crippen MR) is 44.1 cm³/mol. The molecular formula is C7H13N2S+. The maximum Gasteiger partial charge on any atom is 0.332 e. The molecule has 0 saturated heterocycles. The lowest BCUT2D eigenvalue weighted by Gasteiger charge is -1.93. The standard InChI is InChI=1S/C7H12N2S/c1-4-9-5(2)6(3)10-7(9)8/h8H,4H2,1-3H3/p+1. The average Bonchev–Trinajstić information content (AvgIpc) is 2.09. The fraction of sp³-hybridized carbons (Fsp3) is 0.571. The molecule has 2 nitrogen and oxygen atoms in total. The largest absolute Gasteiger partial charge is 0.332 e. The van der Waals surface area contributed by atoms with Crippen LogP contribution in [-0.4, -0.2) is 0 Å². The van der Waals surface area contributed by atoms with Crippen LogP contribution in [0.4, 0.5) is 5.13 Å². The predicted octanol–water partition coefficient (Wildman–Crippen LogP) is 1.25. The minimum atomic E-state index is 0.914. The fourth-order valence-corrected chi connectivity index (χ4v) is 1.98. The van der Waals surface area contributed by atoms with Crippen LogP contribution in [0.25, 0.3) is 0 Å². The second-order valence-corrected chi connectivity index (χ2v) is 3.56. The third-order valence-corrected chi connectivity index (χ3v) is 2.79. The average molecular weight is 157 g/mol. The Labute approximate surface area is 65.3 Å². The molecule has 3 heteroatoms. The van der Waals surface area contributed by atoms with Gasteiger partial charge in [0.05, 0.1) is 11.4 Å². The van der Waals surface area contributed by atoms with Crippen molar-refractivity contribution in [3.8, 4) is 0 Å². The summed E-state index contributed by atoms with van der Waals surface area (Å²) in [5.74, 6) is 0. The topological polar surface area (TPSA) is 29.9 Å². The van der Waals surface area contributed by atoms with Crippen LogP contribution in [0.3, 0.4) is 0 Å². The Morgan fingerprint density at radius 3 is 2.30 bits per heavy atom. The number of aryl methyl sites for hydroxylation is 1. The van der Waals surface area contributed by atoms with Gasteiger partial charge in [-0.2, -0.15) is 0 Å². The van der Waals surface area contributed by atoms with Crippen molar-refractivity contribution in [3.05, 3.63) is 10.6 Å². The molecule has 0 fully saturated rings. The minimum absolute atomic E-state index is 0.914. The van der Waals surface area contributed by atoms with E-state index in [1.165, 1.54) is 10.6 Å². The van der Waals surface area contributed by atoms with Crippen LogP contribution in [0, 0.1) is 13.8 Å². The number of nitrogens with zero attached hydrogens (tertiary/aromatic N) is 1. The molecule has 0 saturated carbocycles. The summed E-state index contributed by atoms with van der Waals surface area (Å²) in [6.07, 6.45) is 0. The Hall–Kier alpha value is -0.570. The van der Waals surface area contributed by atoms with E-state index in [0.717, 1.165) is 11.7 Å². The molecule has 0 amide bonds. The van der Waals surface area contributed by atoms with Gasteiger partial charge < -0.3 is 0 Å². The molecule has 1 aromatic heterocycles. The van der Waals surface area contributed by atoms with Gasteiger partial charge in [-0.3, -0.25) is 5.73 Å². The van der Waals surface area contributed by atoms with Crippen molar-refractivity contribution in [1.82, 2.24) is 0 Å². The zero-order valence-electron chi connectivity index (χ0n) is 6.64. The molecule has 0 unspecified atom stereocenters. The lowest BCUT2D eigenvalue weighted by atomic mass is 10.4. The van der Waals surface area contributed by atoms with E-state index in [-0.39, 0.29) is 0 Å². The summed E-state index contributed by atoms with van der Waals surface area (Å²) < 4.78 is 2.12. The molecule has 2 N–H and O–H groups in total. The van der Waals surface area contributed by atoms with E-state index in [2.05, 4.69) is 25.3 Å². The van der Waals surface area contributed by atoms with E-state index in [1.54, 1.807) is 11.3 Å². The van der Waals surface area contributed by atoms with E-state index >= 15 is 0 Å². The second kappa shape index (κ2) is 2.58. The molecular weight excluding hydrogens is 144 g/mol. The number of rotatable bonds is 1. The molecule has 1 heterocycles. The Balaban J connectivity index is 3.20. The van der Waals surface area contributed by atoms with E-state index in [9.17, 15) is 0 Å². The normalized spacial score (nSPS) is 10.3. The maximum atomic E-state index is 5.73. The summed E-state index contributed by atoms with van der Waals surface area (Å²) in [7, 11) is 0. The monoisotopic (exact) mass is 157 g/mol. The highest BCUT2D eigenvalue weighted by molar-refractivity contribution is 7.15. The van der Waals surface area contributed by atoms with Gasteiger partial charge in [0.25, 0.3) is 0 Å². The van der Waals surface area contributed by atoms with Crippen molar-refractivity contribution in [2.24, 2.45) is 0 Å². The van der Waals surface area contributed by atoms with Gasteiger partial charge in [-0.05, 0) is 20.8 Å². The molecule has 0 bridgehead atoms. The number of nitrogen functional groups attached to an aromatic ring is 1. The summed E-state index contributed by atoms with van der Waals surface area (Å²) in [5, 5.41) is 0.914. The number of aromatic nitrogens is 1. The highest BCUT2D eigenvalue weighted by Crippen LogP contribution is 2.15. The summed E-state index contributed by atoms with van der Waals surface area (Å²) in [6.45, 7) is 7.28. The summed E-state index contributed by atoms with van der Waals surface area (Å²) in [4.78, 5) is 1.32. The van der Waals surface area contributed by atoms with E-state index in [1.807, 2.05) is 0 Å². The van der Waals surface area contributed by atoms with Gasteiger partial charge in [0.15, 0.2) is 0 Å². The molecule has 0 atom stereocenters. The first-order valence-corrected chi connectivity index (χ1v) is 4.23. The van der Waals surface area contributed by atoms with Crippen LogP contribution in [0.5, 0.6) is 0 Å². The zero-order chi connectivity index (χ0) is 7.72. The molecule has 0 aliphatic heterocycles. The zero-order valence-corrected chi connectivity index (χ0v) is 7.46. The van der Waals surface area contributed by atoms with Crippen LogP contribution in [0.2, 0.25) is 0 Å². The van der Waals surface area contributed by atoms with Crippen molar-refractivity contribution in [2.45, 2.75) is 27.3 Å². The molecule has 0 radical (unpaired) electrons. The number of hydrogen-bond donors (Lipinski definition) is 1. The number of nitrogens with two attached hydrogens (primary N) is 1. The van der Waals surface area contributed by atoms with Gasteiger partial charge >= 0.3 is 5.13 Å². The minimum Gasteiger partial charge on any atom is -0.278 e. The van der Waals surface area contributed by atoms with Gasteiger partial charge in [-0.15, -0.1) is 0 Å². The Morgan fingerprint density at radius 2 is 2.10 bits per heavy atom. The summed E-state index contributed by atoms with van der Waals surface area (Å²) in [6, 6.07) is 0. The first-order chi connectivity index (χ1) is 4.66. The smallest absolute Gasteiger partial charge is 0.278 e. The Kier molecular flexibility index (Phi) is 1.94. The van der Waals surface area contributed by atoms with Crippen molar-refractivity contribution in [1.29, 1.82) is 0 Å². The number of thiazole rings is 1. The lowest BCUT2D eigenvalue weighted by Crippen LogP contribution is -2.36. The van der Waals surface area contributed by atoms with Gasteiger partial charge in [0.2, 0.25) is 0 Å². The van der Waals surface area contributed by atoms with Crippen molar-refractivity contribution in [2.75, 3.05) is 5.73 Å². The molecule has 1 rings (SSSR count). The Bertz CT molecular complexity index is 240. The molecule has 56 valence electrons. The first kappa shape index (κ1) is 7.54. The number of anilines is 1. The third kappa shape index (κ3) is 1.01. The molecule has 0 spiro atoms. The molecule has 1 aromatic rings. The maximum absolute atomic E-state index is 5.73. The number of hydrogen-bond acceptors (Lipinski definition) is 2. The molecule has 0 aromatic carbocycles. The summed E-state index contributed by atoms with van der Waals surface area (Å²) in [5.41, 5.74) is 7.03. The third-order valence-electron chi connectivity index (χ3n) is 1.75. The van der Waals surface area contributed by atoms with Crippen LogP contribution in [0.15, 0.2) is 0 Å². The Morgan fingerprint density at radius 1 is 1.50 bits per heavy atom. The van der Waals surface area contributed by atoms with Crippen LogP contribution in [-0.2, 0) is 6.54 Å². The van der Waals surface area contributed by atoms with Crippen LogP contribution in [0.1, 0.15) is 17.5 Å². The van der Waals surface area contributed by atoms with Crippen LogP contribution < -0.4 is 10.3 Å². The second-order valence-electron chi connectivity index (χ2n) is 2.33. The molecule has 0 aliphatic carbocycles. The molecule has 10 heavy (non-hydrogen) atoms.